The summed E-state index contributed by atoms with van der Waals surface area (Å²) in [4.78, 5) is 19.0. The maximum atomic E-state index is 12.4. The van der Waals surface area contributed by atoms with E-state index in [0.29, 0.717) is 6.04 Å². The highest BCUT2D eigenvalue weighted by atomic mass is 16.2. The standard InChI is InChI=1S/C19H27N3O/c1-20(2)17-8-5-16(6-9-17)7-10-19(23)22-14-11-18(15-22)21-12-3-4-13-21/h5-10,18H,3-4,11-15H2,1-2H3/b10-7+. The second-order valence-electron chi connectivity index (χ2n) is 6.79. The van der Waals surface area contributed by atoms with Crippen molar-refractivity contribution in [2.45, 2.75) is 25.3 Å². The normalized spacial score (nSPS) is 22.2. The minimum absolute atomic E-state index is 0.142. The lowest BCUT2D eigenvalue weighted by Gasteiger charge is -2.23. The van der Waals surface area contributed by atoms with Crippen LogP contribution < -0.4 is 4.90 Å². The number of rotatable bonds is 4. The first-order valence-electron chi connectivity index (χ1n) is 8.62. The monoisotopic (exact) mass is 313 g/mol. The molecule has 0 aromatic heterocycles. The molecule has 0 saturated carbocycles. The number of anilines is 1. The summed E-state index contributed by atoms with van der Waals surface area (Å²) in [6.07, 6.45) is 7.39. The van der Waals surface area contributed by atoms with Gasteiger partial charge in [-0.05, 0) is 56.1 Å². The quantitative estimate of drug-likeness (QED) is 0.799. The van der Waals surface area contributed by atoms with Crippen LogP contribution in [0.15, 0.2) is 30.3 Å². The Balaban J connectivity index is 1.54. The van der Waals surface area contributed by atoms with Crippen LogP contribution in [0.2, 0.25) is 0 Å². The van der Waals surface area contributed by atoms with Gasteiger partial charge in [0.15, 0.2) is 0 Å². The van der Waals surface area contributed by atoms with Gasteiger partial charge in [0, 0.05) is 45.0 Å². The van der Waals surface area contributed by atoms with E-state index in [9.17, 15) is 4.79 Å². The van der Waals surface area contributed by atoms with E-state index < -0.39 is 0 Å². The molecule has 2 saturated heterocycles. The highest BCUT2D eigenvalue weighted by Crippen LogP contribution is 2.21. The summed E-state index contributed by atoms with van der Waals surface area (Å²) in [5.74, 6) is 0.142. The van der Waals surface area contributed by atoms with Crippen molar-refractivity contribution in [1.82, 2.24) is 9.80 Å². The van der Waals surface area contributed by atoms with Crippen LogP contribution in [0.4, 0.5) is 5.69 Å². The molecule has 0 bridgehead atoms. The van der Waals surface area contributed by atoms with E-state index >= 15 is 0 Å². The molecule has 4 nitrogen and oxygen atoms in total. The Morgan fingerprint density at radius 1 is 1.13 bits per heavy atom. The van der Waals surface area contributed by atoms with Crippen molar-refractivity contribution in [1.29, 1.82) is 0 Å². The van der Waals surface area contributed by atoms with Crippen molar-refractivity contribution in [3.05, 3.63) is 35.9 Å². The Morgan fingerprint density at radius 2 is 1.83 bits per heavy atom. The molecule has 2 aliphatic rings. The van der Waals surface area contributed by atoms with Crippen molar-refractivity contribution in [2.24, 2.45) is 0 Å². The summed E-state index contributed by atoms with van der Waals surface area (Å²) in [6.45, 7) is 4.20. The molecule has 2 aliphatic heterocycles. The van der Waals surface area contributed by atoms with Gasteiger partial charge in [0.05, 0.1) is 0 Å². The van der Waals surface area contributed by atoms with Crippen LogP contribution >= 0.6 is 0 Å². The van der Waals surface area contributed by atoms with Crippen molar-refractivity contribution in [2.75, 3.05) is 45.2 Å². The maximum absolute atomic E-state index is 12.4. The number of benzene rings is 1. The Morgan fingerprint density at radius 3 is 2.48 bits per heavy atom. The molecule has 1 aromatic rings. The van der Waals surface area contributed by atoms with E-state index in [-0.39, 0.29) is 5.91 Å². The number of carbonyl (C=O) groups excluding carboxylic acids is 1. The molecule has 4 heteroatoms. The van der Waals surface area contributed by atoms with Gasteiger partial charge >= 0.3 is 0 Å². The number of amides is 1. The van der Waals surface area contributed by atoms with Crippen LogP contribution in [0.3, 0.4) is 0 Å². The molecule has 124 valence electrons. The zero-order valence-electron chi connectivity index (χ0n) is 14.2. The summed E-state index contributed by atoms with van der Waals surface area (Å²) in [5.41, 5.74) is 2.24. The Hall–Kier alpha value is -1.81. The first-order chi connectivity index (χ1) is 11.1. The van der Waals surface area contributed by atoms with Crippen LogP contribution in [0.1, 0.15) is 24.8 Å². The van der Waals surface area contributed by atoms with E-state index in [2.05, 4.69) is 34.1 Å². The average Bonchev–Trinajstić information content (AvgIpc) is 3.23. The SMILES string of the molecule is CN(C)c1ccc(/C=C/C(=O)N2CCC(N3CCCC3)C2)cc1. The minimum atomic E-state index is 0.142. The molecule has 0 spiro atoms. The van der Waals surface area contributed by atoms with E-state index in [1.54, 1.807) is 6.08 Å². The Kier molecular flexibility index (Phi) is 5.01. The molecule has 3 rings (SSSR count). The van der Waals surface area contributed by atoms with Gasteiger partial charge in [0.25, 0.3) is 0 Å². The van der Waals surface area contributed by atoms with Crippen LogP contribution in [-0.4, -0.2) is 62.0 Å². The zero-order valence-corrected chi connectivity index (χ0v) is 14.2. The Labute approximate surface area is 139 Å². The van der Waals surface area contributed by atoms with Crippen molar-refractivity contribution in [3.8, 4) is 0 Å². The lowest BCUT2D eigenvalue weighted by Crippen LogP contribution is -2.36. The number of hydrogen-bond donors (Lipinski definition) is 0. The fraction of sp³-hybridized carbons (Fsp3) is 0.526. The first kappa shape index (κ1) is 16.1. The van der Waals surface area contributed by atoms with Crippen LogP contribution in [0.25, 0.3) is 6.08 Å². The predicted octanol–water partition coefficient (Wildman–Crippen LogP) is 2.46. The first-order valence-corrected chi connectivity index (χ1v) is 8.62. The third kappa shape index (κ3) is 3.94. The largest absolute Gasteiger partial charge is 0.378 e. The van der Waals surface area contributed by atoms with Crippen LogP contribution in [0.5, 0.6) is 0 Å². The van der Waals surface area contributed by atoms with Crippen molar-refractivity contribution >= 4 is 17.7 Å². The molecule has 0 N–H and O–H groups in total. The Bertz CT molecular complexity index is 558. The van der Waals surface area contributed by atoms with E-state index in [4.69, 9.17) is 0 Å². The number of carbonyl (C=O) groups is 1. The molecule has 1 aromatic carbocycles. The molecule has 23 heavy (non-hydrogen) atoms. The summed E-state index contributed by atoms with van der Waals surface area (Å²) < 4.78 is 0. The van der Waals surface area contributed by atoms with E-state index in [1.165, 1.54) is 31.6 Å². The van der Waals surface area contributed by atoms with Crippen molar-refractivity contribution < 1.29 is 4.79 Å². The fourth-order valence-corrected chi connectivity index (χ4v) is 3.50. The maximum Gasteiger partial charge on any atom is 0.246 e. The molecule has 1 amide bonds. The van der Waals surface area contributed by atoms with Gasteiger partial charge in [0.2, 0.25) is 5.91 Å². The van der Waals surface area contributed by atoms with Gasteiger partial charge < -0.3 is 9.80 Å². The molecule has 0 radical (unpaired) electrons. The smallest absolute Gasteiger partial charge is 0.246 e. The second-order valence-corrected chi connectivity index (χ2v) is 6.79. The second kappa shape index (κ2) is 7.18. The van der Waals surface area contributed by atoms with E-state index in [0.717, 1.165) is 25.1 Å². The van der Waals surface area contributed by atoms with Gasteiger partial charge in [-0.25, -0.2) is 0 Å². The van der Waals surface area contributed by atoms with Gasteiger partial charge in [-0.2, -0.15) is 0 Å². The average molecular weight is 313 g/mol. The minimum Gasteiger partial charge on any atom is -0.378 e. The van der Waals surface area contributed by atoms with Crippen molar-refractivity contribution in [3.63, 3.8) is 0 Å². The third-order valence-electron chi connectivity index (χ3n) is 4.96. The summed E-state index contributed by atoms with van der Waals surface area (Å²) >= 11 is 0. The fourth-order valence-electron chi connectivity index (χ4n) is 3.50. The van der Waals surface area contributed by atoms with E-state index in [1.807, 2.05) is 25.1 Å². The molecule has 1 unspecified atom stereocenters. The lowest BCUT2D eigenvalue weighted by molar-refractivity contribution is -0.125. The topological polar surface area (TPSA) is 26.8 Å². The zero-order chi connectivity index (χ0) is 16.2. The van der Waals surface area contributed by atoms with Gasteiger partial charge in [-0.3, -0.25) is 9.69 Å². The molecule has 2 heterocycles. The molecule has 1 atom stereocenters. The molecular formula is C19H27N3O. The lowest BCUT2D eigenvalue weighted by atomic mass is 10.2. The van der Waals surface area contributed by atoms with Crippen LogP contribution in [-0.2, 0) is 4.79 Å². The van der Waals surface area contributed by atoms with Gasteiger partial charge in [-0.15, -0.1) is 0 Å². The van der Waals surface area contributed by atoms with Crippen LogP contribution in [0, 0.1) is 0 Å². The summed E-state index contributed by atoms with van der Waals surface area (Å²) in [6, 6.07) is 8.83. The highest BCUT2D eigenvalue weighted by Gasteiger charge is 2.30. The predicted molar refractivity (Wildman–Crippen MR) is 95.6 cm³/mol. The number of nitrogens with zero attached hydrogens (tertiary/aromatic N) is 3. The van der Waals surface area contributed by atoms with Gasteiger partial charge in [-0.1, -0.05) is 12.1 Å². The molecule has 2 fully saturated rings. The number of hydrogen-bond acceptors (Lipinski definition) is 3. The third-order valence-corrected chi connectivity index (χ3v) is 4.96. The summed E-state index contributed by atoms with van der Waals surface area (Å²) in [7, 11) is 4.05. The number of likely N-dealkylation sites (tertiary alicyclic amines) is 2. The van der Waals surface area contributed by atoms with Gasteiger partial charge in [0.1, 0.15) is 0 Å². The summed E-state index contributed by atoms with van der Waals surface area (Å²) in [5, 5.41) is 0. The molecular weight excluding hydrogens is 286 g/mol. The highest BCUT2D eigenvalue weighted by molar-refractivity contribution is 5.92. The molecule has 0 aliphatic carbocycles.